The number of hydrogen-bond acceptors (Lipinski definition) is 3. The molecule has 1 aromatic rings. The van der Waals surface area contributed by atoms with Crippen LogP contribution < -0.4 is 4.72 Å². The first kappa shape index (κ1) is 17.7. The number of nitrogens with zero attached hydrogens (tertiary/aromatic N) is 1. The summed E-state index contributed by atoms with van der Waals surface area (Å²) in [5.74, 6) is -0.0391. The summed E-state index contributed by atoms with van der Waals surface area (Å²) in [6.45, 7) is 8.35. The predicted octanol–water partition coefficient (Wildman–Crippen LogP) is 1.84. The molecule has 0 fully saturated rings. The van der Waals surface area contributed by atoms with E-state index in [4.69, 9.17) is 0 Å². The second-order valence-corrected chi connectivity index (χ2v) is 6.91. The highest BCUT2D eigenvalue weighted by molar-refractivity contribution is 7.89. The van der Waals surface area contributed by atoms with Gasteiger partial charge in [-0.15, -0.1) is 0 Å². The number of nitrogens with one attached hydrogen (secondary N) is 1. The Labute approximate surface area is 127 Å². The molecular weight excluding hydrogens is 288 g/mol. The lowest BCUT2D eigenvalue weighted by Crippen LogP contribution is -2.38. The standard InChI is InChI=1S/C15H24N2O3S/c1-5-9-17(14(4)18)10-8-16-21(19,20)15-11-12(2)6-7-13(15)3/h6-7,11,16H,5,8-10H2,1-4H3. The molecule has 6 heteroatoms. The Morgan fingerprint density at radius 3 is 2.48 bits per heavy atom. The molecule has 1 N–H and O–H groups in total. The van der Waals surface area contributed by atoms with Crippen molar-refractivity contribution in [3.63, 3.8) is 0 Å². The summed E-state index contributed by atoms with van der Waals surface area (Å²) in [5.41, 5.74) is 1.61. The fourth-order valence-corrected chi connectivity index (χ4v) is 3.43. The van der Waals surface area contributed by atoms with Gasteiger partial charge in [0.05, 0.1) is 4.90 Å². The second kappa shape index (κ2) is 7.56. The lowest BCUT2D eigenvalue weighted by Gasteiger charge is -2.20. The van der Waals surface area contributed by atoms with E-state index in [1.54, 1.807) is 24.0 Å². The predicted molar refractivity (Wildman–Crippen MR) is 83.6 cm³/mol. The zero-order valence-corrected chi connectivity index (χ0v) is 14.0. The van der Waals surface area contributed by atoms with Crippen molar-refractivity contribution < 1.29 is 13.2 Å². The first-order valence-corrected chi connectivity index (χ1v) is 8.58. The Balaban J connectivity index is 2.73. The highest BCUT2D eigenvalue weighted by Gasteiger charge is 2.17. The molecule has 0 atom stereocenters. The molecular formula is C15H24N2O3S. The van der Waals surface area contributed by atoms with Gasteiger partial charge in [-0.3, -0.25) is 4.79 Å². The zero-order valence-electron chi connectivity index (χ0n) is 13.1. The Bertz CT molecular complexity index is 597. The fourth-order valence-electron chi connectivity index (χ4n) is 2.09. The van der Waals surface area contributed by atoms with E-state index in [0.29, 0.717) is 23.5 Å². The molecule has 1 aromatic carbocycles. The minimum Gasteiger partial charge on any atom is -0.342 e. The molecule has 0 heterocycles. The normalized spacial score (nSPS) is 11.4. The van der Waals surface area contributed by atoms with Crippen LogP contribution in [0.1, 0.15) is 31.4 Å². The van der Waals surface area contributed by atoms with Gasteiger partial charge in [-0.1, -0.05) is 19.1 Å². The number of carbonyl (C=O) groups is 1. The molecule has 0 aromatic heterocycles. The number of sulfonamides is 1. The summed E-state index contributed by atoms with van der Waals surface area (Å²) >= 11 is 0. The fraction of sp³-hybridized carbons (Fsp3) is 0.533. The molecule has 0 radical (unpaired) electrons. The minimum absolute atomic E-state index is 0.0391. The molecule has 0 bridgehead atoms. The second-order valence-electron chi connectivity index (χ2n) is 5.17. The topological polar surface area (TPSA) is 66.5 Å². The van der Waals surface area contributed by atoms with Crippen molar-refractivity contribution in [3.05, 3.63) is 29.3 Å². The number of rotatable bonds is 7. The Kier molecular flexibility index (Phi) is 6.36. The van der Waals surface area contributed by atoms with Crippen LogP contribution in [-0.4, -0.2) is 38.9 Å². The summed E-state index contributed by atoms with van der Waals surface area (Å²) < 4.78 is 27.2. The van der Waals surface area contributed by atoms with Gasteiger partial charge in [-0.25, -0.2) is 13.1 Å². The van der Waals surface area contributed by atoms with Crippen LogP contribution in [0, 0.1) is 13.8 Å². The molecule has 0 aliphatic carbocycles. The van der Waals surface area contributed by atoms with E-state index in [1.807, 2.05) is 19.9 Å². The molecule has 0 saturated carbocycles. The summed E-state index contributed by atoms with van der Waals surface area (Å²) in [6, 6.07) is 5.34. The molecule has 118 valence electrons. The quantitative estimate of drug-likeness (QED) is 0.835. The summed E-state index contributed by atoms with van der Waals surface area (Å²) in [5, 5.41) is 0. The van der Waals surface area contributed by atoms with Gasteiger partial charge in [0, 0.05) is 26.6 Å². The number of carbonyl (C=O) groups excluding carboxylic acids is 1. The smallest absolute Gasteiger partial charge is 0.240 e. The van der Waals surface area contributed by atoms with Crippen molar-refractivity contribution in [2.24, 2.45) is 0 Å². The van der Waals surface area contributed by atoms with Crippen molar-refractivity contribution in [1.82, 2.24) is 9.62 Å². The average molecular weight is 312 g/mol. The van der Waals surface area contributed by atoms with Gasteiger partial charge >= 0.3 is 0 Å². The number of aryl methyl sites for hydroxylation is 2. The van der Waals surface area contributed by atoms with Crippen LogP contribution in [0.5, 0.6) is 0 Å². The molecule has 1 amide bonds. The van der Waals surface area contributed by atoms with Gasteiger partial charge in [0.25, 0.3) is 0 Å². The maximum atomic E-state index is 12.3. The van der Waals surface area contributed by atoms with Crippen LogP contribution in [0.4, 0.5) is 0 Å². The van der Waals surface area contributed by atoms with E-state index in [9.17, 15) is 13.2 Å². The van der Waals surface area contributed by atoms with E-state index >= 15 is 0 Å². The van der Waals surface area contributed by atoms with Gasteiger partial charge < -0.3 is 4.90 Å². The summed E-state index contributed by atoms with van der Waals surface area (Å²) in [7, 11) is -3.54. The molecule has 21 heavy (non-hydrogen) atoms. The number of benzene rings is 1. The third-order valence-corrected chi connectivity index (χ3v) is 4.85. The van der Waals surface area contributed by atoms with E-state index in [0.717, 1.165) is 12.0 Å². The lowest BCUT2D eigenvalue weighted by atomic mass is 10.2. The molecule has 0 spiro atoms. The summed E-state index contributed by atoms with van der Waals surface area (Å²) in [4.78, 5) is 13.3. The van der Waals surface area contributed by atoms with Gasteiger partial charge in [0.2, 0.25) is 15.9 Å². The van der Waals surface area contributed by atoms with Gasteiger partial charge in [0.15, 0.2) is 0 Å². The van der Waals surface area contributed by atoms with Crippen LogP contribution in [0.3, 0.4) is 0 Å². The highest BCUT2D eigenvalue weighted by Crippen LogP contribution is 2.16. The van der Waals surface area contributed by atoms with Crippen LogP contribution >= 0.6 is 0 Å². The molecule has 0 aliphatic heterocycles. The Morgan fingerprint density at radius 2 is 1.90 bits per heavy atom. The average Bonchev–Trinajstić information content (AvgIpc) is 2.40. The SMILES string of the molecule is CCCN(CCNS(=O)(=O)c1cc(C)ccc1C)C(C)=O. The monoisotopic (exact) mass is 312 g/mol. The van der Waals surface area contributed by atoms with E-state index in [2.05, 4.69) is 4.72 Å². The van der Waals surface area contributed by atoms with Crippen molar-refractivity contribution >= 4 is 15.9 Å². The lowest BCUT2D eigenvalue weighted by molar-refractivity contribution is -0.128. The van der Waals surface area contributed by atoms with Crippen LogP contribution in [-0.2, 0) is 14.8 Å². The summed E-state index contributed by atoms with van der Waals surface area (Å²) in [6.07, 6.45) is 0.851. The minimum atomic E-state index is -3.54. The molecule has 0 aliphatic rings. The third kappa shape index (κ3) is 5.13. The zero-order chi connectivity index (χ0) is 16.0. The number of amides is 1. The first-order valence-electron chi connectivity index (χ1n) is 7.10. The van der Waals surface area contributed by atoms with Crippen molar-refractivity contribution in [2.75, 3.05) is 19.6 Å². The van der Waals surface area contributed by atoms with Gasteiger partial charge in [-0.2, -0.15) is 0 Å². The van der Waals surface area contributed by atoms with Crippen LogP contribution in [0.15, 0.2) is 23.1 Å². The highest BCUT2D eigenvalue weighted by atomic mass is 32.2. The molecule has 0 saturated heterocycles. The molecule has 0 unspecified atom stereocenters. The van der Waals surface area contributed by atoms with Gasteiger partial charge in [0.1, 0.15) is 0 Å². The maximum Gasteiger partial charge on any atom is 0.240 e. The van der Waals surface area contributed by atoms with Crippen molar-refractivity contribution in [3.8, 4) is 0 Å². The van der Waals surface area contributed by atoms with Crippen LogP contribution in [0.2, 0.25) is 0 Å². The largest absolute Gasteiger partial charge is 0.342 e. The molecule has 5 nitrogen and oxygen atoms in total. The Hall–Kier alpha value is -1.40. The van der Waals surface area contributed by atoms with Gasteiger partial charge in [-0.05, 0) is 37.5 Å². The third-order valence-electron chi connectivity index (χ3n) is 3.25. The van der Waals surface area contributed by atoms with E-state index in [-0.39, 0.29) is 12.5 Å². The van der Waals surface area contributed by atoms with E-state index in [1.165, 1.54) is 6.92 Å². The van der Waals surface area contributed by atoms with Crippen molar-refractivity contribution in [2.45, 2.75) is 39.0 Å². The number of hydrogen-bond donors (Lipinski definition) is 1. The van der Waals surface area contributed by atoms with E-state index < -0.39 is 10.0 Å². The maximum absolute atomic E-state index is 12.3. The Morgan fingerprint density at radius 1 is 1.24 bits per heavy atom. The first-order chi connectivity index (χ1) is 9.77. The van der Waals surface area contributed by atoms with Crippen molar-refractivity contribution in [1.29, 1.82) is 0 Å². The molecule has 1 rings (SSSR count). The van der Waals surface area contributed by atoms with Crippen LogP contribution in [0.25, 0.3) is 0 Å².